The molecule has 2 N–H and O–H groups in total. The van der Waals surface area contributed by atoms with Crippen molar-refractivity contribution in [1.29, 1.82) is 0 Å². The Morgan fingerprint density at radius 1 is 1.47 bits per heavy atom. The molecule has 1 aliphatic heterocycles. The van der Waals surface area contributed by atoms with Gasteiger partial charge in [0.2, 0.25) is 0 Å². The van der Waals surface area contributed by atoms with Gasteiger partial charge in [0.1, 0.15) is 0 Å². The topological polar surface area (TPSA) is 46.3 Å². The van der Waals surface area contributed by atoms with Gasteiger partial charge in [-0.05, 0) is 31.2 Å². The van der Waals surface area contributed by atoms with E-state index in [1.165, 1.54) is 0 Å². The molecule has 0 aromatic heterocycles. The van der Waals surface area contributed by atoms with Crippen molar-refractivity contribution < 1.29 is 4.79 Å². The summed E-state index contributed by atoms with van der Waals surface area (Å²) >= 11 is 1.61. The fraction of sp³-hybridized carbons (Fsp3) is 0.462. The fourth-order valence-electron chi connectivity index (χ4n) is 2.19. The first-order chi connectivity index (χ1) is 8.22. The standard InChI is InChI=1S/C13H18N2OS/c1-17-12-7-3-2-6-11(12)13(16)15-8-4-5-10(14)9-15/h2-3,6-7,10H,4-5,8-9,14H2,1H3. The lowest BCUT2D eigenvalue weighted by Crippen LogP contribution is -2.45. The summed E-state index contributed by atoms with van der Waals surface area (Å²) in [6.45, 7) is 1.51. The highest BCUT2D eigenvalue weighted by Gasteiger charge is 2.23. The van der Waals surface area contributed by atoms with E-state index >= 15 is 0 Å². The van der Waals surface area contributed by atoms with Crippen LogP contribution in [0, 0.1) is 0 Å². The minimum absolute atomic E-state index is 0.116. The summed E-state index contributed by atoms with van der Waals surface area (Å²) in [7, 11) is 0. The number of nitrogens with two attached hydrogens (primary N) is 1. The van der Waals surface area contributed by atoms with Crippen molar-refractivity contribution in [2.45, 2.75) is 23.8 Å². The van der Waals surface area contributed by atoms with E-state index in [2.05, 4.69) is 0 Å². The number of rotatable bonds is 2. The molecule has 17 heavy (non-hydrogen) atoms. The Labute approximate surface area is 106 Å². The maximum absolute atomic E-state index is 12.4. The third kappa shape index (κ3) is 2.82. The number of nitrogens with zero attached hydrogens (tertiary/aromatic N) is 1. The molecule has 1 atom stereocenters. The first-order valence-electron chi connectivity index (χ1n) is 5.90. The summed E-state index contributed by atoms with van der Waals surface area (Å²) < 4.78 is 0. The average molecular weight is 250 g/mol. The molecule has 92 valence electrons. The van der Waals surface area contributed by atoms with E-state index in [1.54, 1.807) is 11.8 Å². The molecule has 0 radical (unpaired) electrons. The van der Waals surface area contributed by atoms with Crippen molar-refractivity contribution in [3.63, 3.8) is 0 Å². The number of benzene rings is 1. The molecule has 0 saturated carbocycles. The first kappa shape index (κ1) is 12.5. The molecule has 4 heteroatoms. The first-order valence-corrected chi connectivity index (χ1v) is 7.12. The zero-order valence-electron chi connectivity index (χ0n) is 10.1. The summed E-state index contributed by atoms with van der Waals surface area (Å²) in [4.78, 5) is 15.3. The van der Waals surface area contributed by atoms with Crippen LogP contribution in [0.4, 0.5) is 0 Å². The predicted molar refractivity (Wildman–Crippen MR) is 71.3 cm³/mol. The van der Waals surface area contributed by atoms with Crippen molar-refractivity contribution in [3.05, 3.63) is 29.8 Å². The second-order valence-corrected chi connectivity index (χ2v) is 5.20. The normalized spacial score (nSPS) is 20.4. The SMILES string of the molecule is CSc1ccccc1C(=O)N1CCCC(N)C1. The van der Waals surface area contributed by atoms with Crippen LogP contribution in [0.3, 0.4) is 0 Å². The smallest absolute Gasteiger partial charge is 0.255 e. The molecule has 0 aliphatic carbocycles. The number of carbonyl (C=O) groups excluding carboxylic acids is 1. The number of piperidine rings is 1. The monoisotopic (exact) mass is 250 g/mol. The second-order valence-electron chi connectivity index (χ2n) is 4.35. The molecule has 1 aromatic rings. The Morgan fingerprint density at radius 2 is 2.24 bits per heavy atom. The van der Waals surface area contributed by atoms with Crippen LogP contribution in [-0.4, -0.2) is 36.2 Å². The number of amides is 1. The highest BCUT2D eigenvalue weighted by Crippen LogP contribution is 2.22. The van der Waals surface area contributed by atoms with Gasteiger partial charge in [0.25, 0.3) is 5.91 Å². The fourth-order valence-corrected chi connectivity index (χ4v) is 2.78. The van der Waals surface area contributed by atoms with Crippen molar-refractivity contribution in [1.82, 2.24) is 4.90 Å². The van der Waals surface area contributed by atoms with Crippen LogP contribution >= 0.6 is 11.8 Å². The van der Waals surface area contributed by atoms with E-state index in [4.69, 9.17) is 5.73 Å². The molecule has 1 aromatic carbocycles. The minimum atomic E-state index is 0.116. The molecule has 0 spiro atoms. The van der Waals surface area contributed by atoms with Gasteiger partial charge in [-0.2, -0.15) is 0 Å². The van der Waals surface area contributed by atoms with Gasteiger partial charge in [-0.3, -0.25) is 4.79 Å². The molecular formula is C13H18N2OS. The van der Waals surface area contributed by atoms with E-state index in [0.717, 1.165) is 29.8 Å². The third-order valence-corrected chi connectivity index (χ3v) is 3.88. The van der Waals surface area contributed by atoms with Gasteiger partial charge in [-0.15, -0.1) is 11.8 Å². The summed E-state index contributed by atoms with van der Waals surface area (Å²) in [5, 5.41) is 0. The quantitative estimate of drug-likeness (QED) is 0.816. The maximum Gasteiger partial charge on any atom is 0.255 e. The van der Waals surface area contributed by atoms with Gasteiger partial charge in [0.05, 0.1) is 5.56 Å². The minimum Gasteiger partial charge on any atom is -0.337 e. The number of carbonyl (C=O) groups is 1. The average Bonchev–Trinajstić information content (AvgIpc) is 2.38. The van der Waals surface area contributed by atoms with E-state index in [9.17, 15) is 4.79 Å². The van der Waals surface area contributed by atoms with Gasteiger partial charge in [0, 0.05) is 24.0 Å². The molecule has 3 nitrogen and oxygen atoms in total. The van der Waals surface area contributed by atoms with Crippen LogP contribution in [0.1, 0.15) is 23.2 Å². The summed E-state index contributed by atoms with van der Waals surface area (Å²) in [5.74, 6) is 0.116. The molecular weight excluding hydrogens is 232 g/mol. The summed E-state index contributed by atoms with van der Waals surface area (Å²) in [6, 6.07) is 7.89. The summed E-state index contributed by atoms with van der Waals surface area (Å²) in [6.07, 6.45) is 4.02. The molecule has 1 saturated heterocycles. The van der Waals surface area contributed by atoms with Crippen LogP contribution in [0.5, 0.6) is 0 Å². The van der Waals surface area contributed by atoms with Crippen LogP contribution in [0.2, 0.25) is 0 Å². The van der Waals surface area contributed by atoms with Gasteiger partial charge >= 0.3 is 0 Å². The molecule has 0 bridgehead atoms. The third-order valence-electron chi connectivity index (χ3n) is 3.08. The maximum atomic E-state index is 12.4. The van der Waals surface area contributed by atoms with Crippen molar-refractivity contribution >= 4 is 17.7 Å². The molecule has 1 aliphatic rings. The predicted octanol–water partition coefficient (Wildman–Crippen LogP) is 1.97. The molecule has 1 amide bonds. The van der Waals surface area contributed by atoms with Crippen molar-refractivity contribution in [2.24, 2.45) is 5.73 Å². The highest BCUT2D eigenvalue weighted by atomic mass is 32.2. The van der Waals surface area contributed by atoms with E-state index in [1.807, 2.05) is 35.4 Å². The Hall–Kier alpha value is -1.00. The molecule has 1 heterocycles. The lowest BCUT2D eigenvalue weighted by Gasteiger charge is -2.31. The van der Waals surface area contributed by atoms with E-state index in [0.29, 0.717) is 6.54 Å². The Bertz CT molecular complexity index is 408. The van der Waals surface area contributed by atoms with Gasteiger partial charge < -0.3 is 10.6 Å². The van der Waals surface area contributed by atoms with E-state index < -0.39 is 0 Å². The summed E-state index contributed by atoms with van der Waals surface area (Å²) in [5.41, 5.74) is 6.71. The van der Waals surface area contributed by atoms with Gasteiger partial charge in [-0.25, -0.2) is 0 Å². The van der Waals surface area contributed by atoms with E-state index in [-0.39, 0.29) is 11.9 Å². The zero-order chi connectivity index (χ0) is 12.3. The lowest BCUT2D eigenvalue weighted by atomic mass is 10.1. The number of likely N-dealkylation sites (tertiary alicyclic amines) is 1. The second kappa shape index (κ2) is 5.56. The lowest BCUT2D eigenvalue weighted by molar-refractivity contribution is 0.0705. The van der Waals surface area contributed by atoms with Crippen LogP contribution in [0.25, 0.3) is 0 Å². The van der Waals surface area contributed by atoms with Gasteiger partial charge in [-0.1, -0.05) is 12.1 Å². The highest BCUT2D eigenvalue weighted by molar-refractivity contribution is 7.98. The number of hydrogen-bond donors (Lipinski definition) is 1. The molecule has 1 unspecified atom stereocenters. The van der Waals surface area contributed by atoms with Crippen LogP contribution in [-0.2, 0) is 0 Å². The zero-order valence-corrected chi connectivity index (χ0v) is 10.9. The Kier molecular flexibility index (Phi) is 4.07. The van der Waals surface area contributed by atoms with Crippen molar-refractivity contribution in [2.75, 3.05) is 19.3 Å². The molecule has 1 fully saturated rings. The Morgan fingerprint density at radius 3 is 2.94 bits per heavy atom. The molecule has 2 rings (SSSR count). The largest absolute Gasteiger partial charge is 0.337 e. The number of thioether (sulfide) groups is 1. The number of hydrogen-bond acceptors (Lipinski definition) is 3. The van der Waals surface area contributed by atoms with Crippen molar-refractivity contribution in [3.8, 4) is 0 Å². The van der Waals surface area contributed by atoms with Crippen LogP contribution in [0.15, 0.2) is 29.2 Å². The van der Waals surface area contributed by atoms with Gasteiger partial charge in [0.15, 0.2) is 0 Å². The van der Waals surface area contributed by atoms with Crippen LogP contribution < -0.4 is 5.73 Å². The Balaban J connectivity index is 2.18.